The van der Waals surface area contributed by atoms with E-state index in [4.69, 9.17) is 15.2 Å². The molecular weight excluding hydrogens is 226 g/mol. The number of hydrogen-bond donors (Lipinski definition) is 1. The first-order valence-electron chi connectivity index (χ1n) is 7.73. The van der Waals surface area contributed by atoms with Crippen molar-refractivity contribution >= 4 is 0 Å². The minimum absolute atomic E-state index is 0.0460. The molecule has 1 unspecified atom stereocenters. The van der Waals surface area contributed by atoms with E-state index >= 15 is 0 Å². The molecule has 1 aliphatic carbocycles. The number of hydrogen-bond acceptors (Lipinski definition) is 3. The van der Waals surface area contributed by atoms with Crippen LogP contribution >= 0.6 is 0 Å². The quantitative estimate of drug-likeness (QED) is 0.821. The average Bonchev–Trinajstić information content (AvgIpc) is 2.43. The van der Waals surface area contributed by atoms with Crippen molar-refractivity contribution in [3.05, 3.63) is 0 Å². The lowest BCUT2D eigenvalue weighted by atomic mass is 9.77. The summed E-state index contributed by atoms with van der Waals surface area (Å²) in [5, 5.41) is 0. The zero-order valence-electron chi connectivity index (χ0n) is 11.8. The van der Waals surface area contributed by atoms with Crippen molar-refractivity contribution in [3.8, 4) is 0 Å². The lowest BCUT2D eigenvalue weighted by Gasteiger charge is -2.42. The molecule has 0 aromatic heterocycles. The van der Waals surface area contributed by atoms with Gasteiger partial charge in [-0.05, 0) is 44.4 Å². The van der Waals surface area contributed by atoms with E-state index in [1.807, 2.05) is 0 Å². The van der Waals surface area contributed by atoms with Crippen LogP contribution in [0.3, 0.4) is 0 Å². The third-order valence-corrected chi connectivity index (χ3v) is 4.62. The molecule has 3 nitrogen and oxygen atoms in total. The molecular formula is C15H29NO2. The van der Waals surface area contributed by atoms with Gasteiger partial charge in [0, 0.05) is 13.2 Å². The van der Waals surface area contributed by atoms with E-state index in [0.717, 1.165) is 44.8 Å². The van der Waals surface area contributed by atoms with Crippen LogP contribution in [0.4, 0.5) is 0 Å². The second kappa shape index (κ2) is 6.88. The fraction of sp³-hybridized carbons (Fsp3) is 1.00. The molecule has 1 aliphatic heterocycles. The van der Waals surface area contributed by atoms with Crippen molar-refractivity contribution in [3.63, 3.8) is 0 Å². The Labute approximate surface area is 111 Å². The molecule has 18 heavy (non-hydrogen) atoms. The zero-order valence-corrected chi connectivity index (χ0v) is 11.8. The molecule has 1 heterocycles. The summed E-state index contributed by atoms with van der Waals surface area (Å²) in [5.74, 6) is 0.904. The lowest BCUT2D eigenvalue weighted by molar-refractivity contribution is -0.150. The molecule has 2 rings (SSSR count). The predicted octanol–water partition coefficient (Wildman–Crippen LogP) is 2.87. The van der Waals surface area contributed by atoms with Gasteiger partial charge in [0.15, 0.2) is 0 Å². The Bertz CT molecular complexity index is 231. The van der Waals surface area contributed by atoms with E-state index in [1.54, 1.807) is 0 Å². The third-order valence-electron chi connectivity index (χ3n) is 4.62. The van der Waals surface area contributed by atoms with E-state index in [9.17, 15) is 0 Å². The SMILES string of the molecule is CCCC1CCC(CN)(OC2CCCOC2)CC1. The van der Waals surface area contributed by atoms with E-state index in [-0.39, 0.29) is 11.7 Å². The summed E-state index contributed by atoms with van der Waals surface area (Å²) in [6, 6.07) is 0. The topological polar surface area (TPSA) is 44.5 Å². The van der Waals surface area contributed by atoms with Crippen molar-refractivity contribution in [2.45, 2.75) is 70.0 Å². The Morgan fingerprint density at radius 3 is 2.61 bits per heavy atom. The minimum atomic E-state index is -0.0460. The Hall–Kier alpha value is -0.120. The Balaban J connectivity index is 1.83. The summed E-state index contributed by atoms with van der Waals surface area (Å²) in [6.45, 7) is 4.61. The van der Waals surface area contributed by atoms with Gasteiger partial charge in [-0.3, -0.25) is 0 Å². The molecule has 0 aromatic carbocycles. The number of ether oxygens (including phenoxy) is 2. The Kier molecular flexibility index (Phi) is 5.46. The Morgan fingerprint density at radius 2 is 2.06 bits per heavy atom. The minimum Gasteiger partial charge on any atom is -0.379 e. The summed E-state index contributed by atoms with van der Waals surface area (Å²) in [5.41, 5.74) is 5.96. The normalized spacial score (nSPS) is 37.7. The van der Waals surface area contributed by atoms with Gasteiger partial charge in [0.25, 0.3) is 0 Å². The molecule has 106 valence electrons. The van der Waals surface area contributed by atoms with Gasteiger partial charge in [0.1, 0.15) is 0 Å². The maximum absolute atomic E-state index is 6.35. The molecule has 3 heteroatoms. The van der Waals surface area contributed by atoms with E-state index in [2.05, 4.69) is 6.92 Å². The van der Waals surface area contributed by atoms with E-state index in [1.165, 1.54) is 25.7 Å². The fourth-order valence-electron chi connectivity index (χ4n) is 3.43. The van der Waals surface area contributed by atoms with Crippen LogP contribution in [-0.2, 0) is 9.47 Å². The predicted molar refractivity (Wildman–Crippen MR) is 73.6 cm³/mol. The van der Waals surface area contributed by atoms with E-state index in [0.29, 0.717) is 6.54 Å². The van der Waals surface area contributed by atoms with Gasteiger partial charge in [0.05, 0.1) is 18.3 Å². The summed E-state index contributed by atoms with van der Waals surface area (Å²) in [6.07, 6.45) is 10.1. The van der Waals surface area contributed by atoms with Crippen LogP contribution in [0.25, 0.3) is 0 Å². The van der Waals surface area contributed by atoms with Gasteiger partial charge in [-0.15, -0.1) is 0 Å². The van der Waals surface area contributed by atoms with Crippen LogP contribution in [0.1, 0.15) is 58.3 Å². The molecule has 1 saturated carbocycles. The standard InChI is InChI=1S/C15H29NO2/c1-2-4-13-6-8-15(12-16,9-7-13)18-14-5-3-10-17-11-14/h13-14H,2-12,16H2,1H3. The highest BCUT2D eigenvalue weighted by molar-refractivity contribution is 4.89. The molecule has 0 amide bonds. The van der Waals surface area contributed by atoms with Crippen LogP contribution in [0.2, 0.25) is 0 Å². The van der Waals surface area contributed by atoms with Crippen molar-refractivity contribution < 1.29 is 9.47 Å². The van der Waals surface area contributed by atoms with Crippen LogP contribution in [-0.4, -0.2) is 31.5 Å². The second-order valence-corrected chi connectivity index (χ2v) is 6.08. The molecule has 2 N–H and O–H groups in total. The monoisotopic (exact) mass is 255 g/mol. The second-order valence-electron chi connectivity index (χ2n) is 6.08. The van der Waals surface area contributed by atoms with Gasteiger partial charge < -0.3 is 15.2 Å². The maximum atomic E-state index is 6.35. The number of nitrogens with two attached hydrogens (primary N) is 1. The smallest absolute Gasteiger partial charge is 0.0817 e. The largest absolute Gasteiger partial charge is 0.379 e. The molecule has 0 radical (unpaired) electrons. The lowest BCUT2D eigenvalue weighted by Crippen LogP contribution is -2.48. The highest BCUT2D eigenvalue weighted by Gasteiger charge is 2.37. The fourth-order valence-corrected chi connectivity index (χ4v) is 3.43. The van der Waals surface area contributed by atoms with Gasteiger partial charge in [-0.1, -0.05) is 19.8 Å². The molecule has 1 atom stereocenters. The first-order valence-corrected chi connectivity index (χ1v) is 7.73. The molecule has 2 aliphatic rings. The van der Waals surface area contributed by atoms with Crippen molar-refractivity contribution in [1.82, 2.24) is 0 Å². The zero-order chi connectivity index (χ0) is 12.8. The summed E-state index contributed by atoms with van der Waals surface area (Å²) in [7, 11) is 0. The maximum Gasteiger partial charge on any atom is 0.0817 e. The van der Waals surface area contributed by atoms with Crippen LogP contribution in [0.15, 0.2) is 0 Å². The third kappa shape index (κ3) is 3.69. The van der Waals surface area contributed by atoms with Crippen LogP contribution in [0.5, 0.6) is 0 Å². The van der Waals surface area contributed by atoms with Crippen LogP contribution in [0, 0.1) is 5.92 Å². The average molecular weight is 255 g/mol. The van der Waals surface area contributed by atoms with E-state index < -0.39 is 0 Å². The first-order chi connectivity index (χ1) is 8.78. The molecule has 0 spiro atoms. The van der Waals surface area contributed by atoms with Crippen LogP contribution < -0.4 is 5.73 Å². The molecule has 0 aromatic rings. The van der Waals surface area contributed by atoms with Gasteiger partial charge in [-0.25, -0.2) is 0 Å². The molecule has 0 bridgehead atoms. The summed E-state index contributed by atoms with van der Waals surface area (Å²) in [4.78, 5) is 0. The molecule has 1 saturated heterocycles. The summed E-state index contributed by atoms with van der Waals surface area (Å²) >= 11 is 0. The Morgan fingerprint density at radius 1 is 1.28 bits per heavy atom. The highest BCUT2D eigenvalue weighted by atomic mass is 16.5. The van der Waals surface area contributed by atoms with Gasteiger partial charge in [-0.2, -0.15) is 0 Å². The van der Waals surface area contributed by atoms with Crippen molar-refractivity contribution in [2.24, 2.45) is 11.7 Å². The summed E-state index contributed by atoms with van der Waals surface area (Å²) < 4.78 is 11.9. The molecule has 2 fully saturated rings. The first kappa shape index (κ1) is 14.3. The van der Waals surface area contributed by atoms with Gasteiger partial charge in [0.2, 0.25) is 0 Å². The highest BCUT2D eigenvalue weighted by Crippen LogP contribution is 2.37. The van der Waals surface area contributed by atoms with Crippen molar-refractivity contribution in [1.29, 1.82) is 0 Å². The van der Waals surface area contributed by atoms with Gasteiger partial charge >= 0.3 is 0 Å². The number of rotatable bonds is 5. The van der Waals surface area contributed by atoms with Crippen molar-refractivity contribution in [2.75, 3.05) is 19.8 Å².